The Balaban J connectivity index is 1.41. The van der Waals surface area contributed by atoms with Crippen LogP contribution in [-0.2, 0) is 15.9 Å². The summed E-state index contributed by atoms with van der Waals surface area (Å²) < 4.78 is 11.1. The van der Waals surface area contributed by atoms with E-state index in [2.05, 4.69) is 68.3 Å². The van der Waals surface area contributed by atoms with Crippen molar-refractivity contribution in [2.75, 3.05) is 86.3 Å². The van der Waals surface area contributed by atoms with Gasteiger partial charge in [0, 0.05) is 68.8 Å². The second-order valence-corrected chi connectivity index (χ2v) is 9.45. The summed E-state index contributed by atoms with van der Waals surface area (Å²) in [5, 5.41) is 12.8. The highest BCUT2D eigenvalue weighted by atomic mass is 16.5. The van der Waals surface area contributed by atoms with Crippen molar-refractivity contribution in [3.63, 3.8) is 0 Å². The predicted molar refractivity (Wildman–Crippen MR) is 148 cm³/mol. The number of hydrogen-bond donors (Lipinski definition) is 2. The van der Waals surface area contributed by atoms with E-state index in [-0.39, 0.29) is 6.61 Å². The van der Waals surface area contributed by atoms with E-state index in [1.807, 2.05) is 13.1 Å². The third-order valence-electron chi connectivity index (χ3n) is 6.93. The van der Waals surface area contributed by atoms with Crippen LogP contribution >= 0.6 is 0 Å². The molecule has 0 bridgehead atoms. The van der Waals surface area contributed by atoms with Crippen LogP contribution in [0.25, 0.3) is 0 Å². The van der Waals surface area contributed by atoms with Crippen LogP contribution in [0.5, 0.6) is 0 Å². The zero-order chi connectivity index (χ0) is 25.6. The lowest BCUT2D eigenvalue weighted by Crippen LogP contribution is -2.38. The van der Waals surface area contributed by atoms with Gasteiger partial charge in [-0.1, -0.05) is 12.1 Å². The van der Waals surface area contributed by atoms with Crippen LogP contribution in [0, 0.1) is 6.92 Å². The van der Waals surface area contributed by atoms with Gasteiger partial charge in [-0.15, -0.1) is 0 Å². The lowest BCUT2D eigenvalue weighted by atomic mass is 10.1. The van der Waals surface area contributed by atoms with Gasteiger partial charge in [0.15, 0.2) is 0 Å². The van der Waals surface area contributed by atoms with Crippen LogP contribution in [0.15, 0.2) is 48.7 Å². The van der Waals surface area contributed by atoms with E-state index >= 15 is 0 Å². The highest BCUT2D eigenvalue weighted by Gasteiger charge is 2.18. The number of aromatic nitrogens is 2. The summed E-state index contributed by atoms with van der Waals surface area (Å²) in [7, 11) is 2.01. The summed E-state index contributed by atoms with van der Waals surface area (Å²) in [6.45, 7) is 8.65. The first-order chi connectivity index (χ1) is 18.1. The minimum absolute atomic E-state index is 0.129. The maximum atomic E-state index is 9.36. The van der Waals surface area contributed by atoms with Crippen molar-refractivity contribution in [1.29, 1.82) is 0 Å². The van der Waals surface area contributed by atoms with E-state index in [4.69, 9.17) is 14.5 Å². The highest BCUT2D eigenvalue weighted by molar-refractivity contribution is 5.72. The SMILES string of the molecule is Cc1ccc(CCO)cc1N(C)c1ccnc(Nc2cc(N3CCOCC3)cc(N3CCOCC3)c2)n1. The first-order valence-corrected chi connectivity index (χ1v) is 13.0. The van der Waals surface area contributed by atoms with E-state index in [1.165, 1.54) is 11.4 Å². The Morgan fingerprint density at radius 2 is 1.57 bits per heavy atom. The first kappa shape index (κ1) is 25.3. The topological polar surface area (TPSA) is 86.2 Å². The molecule has 9 heteroatoms. The average Bonchev–Trinajstić information content (AvgIpc) is 2.95. The molecule has 0 spiro atoms. The molecule has 1 aromatic heterocycles. The standard InChI is InChI=1S/C28H36N6O3/c1-21-3-4-22(6-12-35)17-26(21)32(2)27-5-7-29-28(31-27)30-23-18-24(33-8-13-36-14-9-33)20-25(19-23)34-10-15-37-16-11-34/h3-5,7,17-20,35H,6,8-16H2,1-2H3,(H,29,30,31). The molecule has 2 N–H and O–H groups in total. The van der Waals surface area contributed by atoms with Gasteiger partial charge in [-0.05, 0) is 54.8 Å². The fourth-order valence-corrected chi connectivity index (χ4v) is 4.83. The first-order valence-electron chi connectivity index (χ1n) is 13.0. The number of hydrogen-bond acceptors (Lipinski definition) is 9. The second kappa shape index (κ2) is 11.8. The van der Waals surface area contributed by atoms with Gasteiger partial charge in [-0.2, -0.15) is 4.98 Å². The maximum absolute atomic E-state index is 9.36. The molecule has 0 atom stereocenters. The molecule has 0 aliphatic carbocycles. The number of anilines is 6. The number of nitrogens with one attached hydrogen (secondary N) is 1. The molecule has 0 radical (unpaired) electrons. The summed E-state index contributed by atoms with van der Waals surface area (Å²) >= 11 is 0. The third-order valence-corrected chi connectivity index (χ3v) is 6.93. The van der Waals surface area contributed by atoms with E-state index in [0.29, 0.717) is 12.4 Å². The van der Waals surface area contributed by atoms with Crippen molar-refractivity contribution in [1.82, 2.24) is 9.97 Å². The fraction of sp³-hybridized carbons (Fsp3) is 0.429. The van der Waals surface area contributed by atoms with Crippen molar-refractivity contribution in [2.45, 2.75) is 13.3 Å². The minimum atomic E-state index is 0.129. The van der Waals surface area contributed by atoms with Crippen LogP contribution in [0.2, 0.25) is 0 Å². The van der Waals surface area contributed by atoms with Crippen LogP contribution in [-0.4, -0.2) is 81.3 Å². The van der Waals surface area contributed by atoms with Crippen molar-refractivity contribution in [2.24, 2.45) is 0 Å². The lowest BCUT2D eigenvalue weighted by Gasteiger charge is -2.33. The summed E-state index contributed by atoms with van der Waals surface area (Å²) in [6, 6.07) is 14.8. The quantitative estimate of drug-likeness (QED) is 0.479. The monoisotopic (exact) mass is 504 g/mol. The van der Waals surface area contributed by atoms with Crippen molar-refractivity contribution < 1.29 is 14.6 Å². The van der Waals surface area contributed by atoms with E-state index in [0.717, 1.165) is 80.9 Å². The Hall–Kier alpha value is -3.40. The number of aliphatic hydroxyl groups is 1. The summed E-state index contributed by atoms with van der Waals surface area (Å²) in [5.74, 6) is 1.33. The molecule has 2 aliphatic rings. The number of morpholine rings is 2. The number of benzene rings is 2. The van der Waals surface area contributed by atoms with Gasteiger partial charge in [0.25, 0.3) is 0 Å². The molecule has 9 nitrogen and oxygen atoms in total. The van der Waals surface area contributed by atoms with Gasteiger partial charge in [0.05, 0.1) is 26.4 Å². The molecule has 3 aromatic rings. The zero-order valence-corrected chi connectivity index (χ0v) is 21.7. The molecule has 2 saturated heterocycles. The van der Waals surface area contributed by atoms with Crippen LogP contribution in [0.4, 0.5) is 34.5 Å². The van der Waals surface area contributed by atoms with E-state index < -0.39 is 0 Å². The Bertz CT molecular complexity index is 1160. The van der Waals surface area contributed by atoms with E-state index in [1.54, 1.807) is 6.20 Å². The zero-order valence-electron chi connectivity index (χ0n) is 21.7. The molecule has 37 heavy (non-hydrogen) atoms. The minimum Gasteiger partial charge on any atom is -0.396 e. The van der Waals surface area contributed by atoms with Gasteiger partial charge in [0.2, 0.25) is 5.95 Å². The number of rotatable bonds is 8. The highest BCUT2D eigenvalue weighted by Crippen LogP contribution is 2.31. The molecule has 3 heterocycles. The van der Waals surface area contributed by atoms with Crippen molar-refractivity contribution >= 4 is 34.5 Å². The molecule has 2 aliphatic heterocycles. The Morgan fingerprint density at radius 1 is 0.919 bits per heavy atom. The van der Waals surface area contributed by atoms with Gasteiger partial charge in [-0.3, -0.25) is 0 Å². The Kier molecular flexibility index (Phi) is 8.03. The van der Waals surface area contributed by atoms with Gasteiger partial charge >= 0.3 is 0 Å². The Morgan fingerprint density at radius 3 is 2.19 bits per heavy atom. The number of nitrogens with zero attached hydrogens (tertiary/aromatic N) is 5. The van der Waals surface area contributed by atoms with Crippen LogP contribution in [0.1, 0.15) is 11.1 Å². The number of aliphatic hydroxyl groups excluding tert-OH is 1. The molecule has 0 unspecified atom stereocenters. The maximum Gasteiger partial charge on any atom is 0.229 e. The van der Waals surface area contributed by atoms with Gasteiger partial charge in [-0.25, -0.2) is 4.98 Å². The summed E-state index contributed by atoms with van der Waals surface area (Å²) in [6.07, 6.45) is 2.41. The molecule has 2 fully saturated rings. The smallest absolute Gasteiger partial charge is 0.229 e. The molecule has 0 amide bonds. The normalized spacial score (nSPS) is 16.1. The molecular weight excluding hydrogens is 468 g/mol. The number of ether oxygens (including phenoxy) is 2. The molecule has 2 aromatic carbocycles. The molecular formula is C28H36N6O3. The van der Waals surface area contributed by atoms with Crippen LogP contribution in [0.3, 0.4) is 0 Å². The van der Waals surface area contributed by atoms with Crippen LogP contribution < -0.4 is 20.0 Å². The average molecular weight is 505 g/mol. The third kappa shape index (κ3) is 6.12. The van der Waals surface area contributed by atoms with Crippen molar-refractivity contribution in [3.05, 3.63) is 59.8 Å². The van der Waals surface area contributed by atoms with Gasteiger partial charge < -0.3 is 34.6 Å². The molecule has 0 saturated carbocycles. The second-order valence-electron chi connectivity index (χ2n) is 9.45. The fourth-order valence-electron chi connectivity index (χ4n) is 4.83. The summed E-state index contributed by atoms with van der Waals surface area (Å²) in [4.78, 5) is 16.1. The van der Waals surface area contributed by atoms with Crippen molar-refractivity contribution in [3.8, 4) is 0 Å². The largest absolute Gasteiger partial charge is 0.396 e. The number of aryl methyl sites for hydroxylation is 1. The summed E-state index contributed by atoms with van der Waals surface area (Å²) in [5.41, 5.74) is 6.58. The van der Waals surface area contributed by atoms with E-state index in [9.17, 15) is 5.11 Å². The molecule has 5 rings (SSSR count). The Labute approximate surface area is 218 Å². The predicted octanol–water partition coefficient (Wildman–Crippen LogP) is 3.50. The van der Waals surface area contributed by atoms with Gasteiger partial charge in [0.1, 0.15) is 5.82 Å². The lowest BCUT2D eigenvalue weighted by molar-refractivity contribution is 0.122. The molecule has 196 valence electrons.